The number of hydrogen-bond donors (Lipinski definition) is 1. The number of carbonyl (C=O) groups excluding carboxylic acids is 2. The maximum absolute atomic E-state index is 13.1. The number of thiophene rings is 1. The van der Waals surface area contributed by atoms with Crippen molar-refractivity contribution in [1.82, 2.24) is 10.2 Å². The molecule has 0 bridgehead atoms. The summed E-state index contributed by atoms with van der Waals surface area (Å²) in [6.07, 6.45) is 4.57. The first kappa shape index (κ1) is 17.9. The van der Waals surface area contributed by atoms with Crippen LogP contribution in [0.25, 0.3) is 10.1 Å². The van der Waals surface area contributed by atoms with Gasteiger partial charge in [0.1, 0.15) is 5.54 Å². The Hall–Kier alpha value is -1.88. The van der Waals surface area contributed by atoms with Crippen molar-refractivity contribution in [1.29, 1.82) is 0 Å². The highest BCUT2D eigenvalue weighted by Gasteiger charge is 2.43. The van der Waals surface area contributed by atoms with Crippen molar-refractivity contribution in [2.75, 3.05) is 13.1 Å². The molecular formula is C20H26N2O2S. The lowest BCUT2D eigenvalue weighted by Gasteiger charge is -2.39. The average Bonchev–Trinajstić information content (AvgIpc) is 3.08. The molecule has 1 aromatic heterocycles. The van der Waals surface area contributed by atoms with Crippen molar-refractivity contribution in [2.45, 2.75) is 51.5 Å². The number of nitrogens with zero attached hydrogens (tertiary/aromatic N) is 1. The zero-order chi connectivity index (χ0) is 17.9. The van der Waals surface area contributed by atoms with Crippen molar-refractivity contribution in [3.05, 3.63) is 35.2 Å². The Bertz CT molecular complexity index is 725. The van der Waals surface area contributed by atoms with Crippen molar-refractivity contribution in [3.63, 3.8) is 0 Å². The fourth-order valence-electron chi connectivity index (χ4n) is 3.73. The summed E-state index contributed by atoms with van der Waals surface area (Å²) in [6.45, 7) is 5.34. The highest BCUT2D eigenvalue weighted by atomic mass is 32.1. The van der Waals surface area contributed by atoms with Crippen LogP contribution < -0.4 is 5.32 Å². The molecule has 0 atom stereocenters. The highest BCUT2D eigenvalue weighted by molar-refractivity contribution is 7.20. The second-order valence-electron chi connectivity index (χ2n) is 6.72. The van der Waals surface area contributed by atoms with Crippen molar-refractivity contribution < 1.29 is 9.59 Å². The van der Waals surface area contributed by atoms with Crippen LogP contribution in [-0.4, -0.2) is 35.3 Å². The minimum atomic E-state index is -0.739. The van der Waals surface area contributed by atoms with Crippen LogP contribution in [0, 0.1) is 0 Å². The average molecular weight is 359 g/mol. The number of amides is 2. The third kappa shape index (κ3) is 3.56. The van der Waals surface area contributed by atoms with Gasteiger partial charge in [0.15, 0.2) is 0 Å². The first-order valence-electron chi connectivity index (χ1n) is 9.20. The van der Waals surface area contributed by atoms with Crippen molar-refractivity contribution >= 4 is 33.2 Å². The van der Waals surface area contributed by atoms with E-state index in [9.17, 15) is 9.59 Å². The first-order chi connectivity index (χ1) is 12.1. The van der Waals surface area contributed by atoms with Crippen molar-refractivity contribution in [3.8, 4) is 0 Å². The van der Waals surface area contributed by atoms with Crippen LogP contribution in [0.2, 0.25) is 0 Å². The summed E-state index contributed by atoms with van der Waals surface area (Å²) >= 11 is 1.49. The smallest absolute Gasteiger partial charge is 0.262 e. The number of carbonyl (C=O) groups is 2. The summed E-state index contributed by atoms with van der Waals surface area (Å²) in [5, 5.41) is 4.21. The molecule has 4 nitrogen and oxygen atoms in total. The van der Waals surface area contributed by atoms with E-state index in [1.54, 1.807) is 0 Å². The van der Waals surface area contributed by atoms with E-state index >= 15 is 0 Å². The van der Waals surface area contributed by atoms with Gasteiger partial charge in [-0.3, -0.25) is 9.59 Å². The minimum absolute atomic E-state index is 0.0756. The predicted molar refractivity (Wildman–Crippen MR) is 103 cm³/mol. The quantitative estimate of drug-likeness (QED) is 0.871. The molecule has 0 radical (unpaired) electrons. The summed E-state index contributed by atoms with van der Waals surface area (Å²) in [5.74, 6) is -0.0460. The van der Waals surface area contributed by atoms with Gasteiger partial charge in [0.2, 0.25) is 5.91 Å². The molecule has 134 valence electrons. The summed E-state index contributed by atoms with van der Waals surface area (Å²) in [5.41, 5.74) is -0.739. The molecule has 5 heteroatoms. The van der Waals surface area contributed by atoms with E-state index in [0.29, 0.717) is 18.0 Å². The maximum atomic E-state index is 13.1. The molecular weight excluding hydrogens is 332 g/mol. The van der Waals surface area contributed by atoms with Gasteiger partial charge in [0.05, 0.1) is 4.88 Å². The fraction of sp³-hybridized carbons (Fsp3) is 0.500. The third-order valence-electron chi connectivity index (χ3n) is 5.17. The Morgan fingerprint density at radius 1 is 1.12 bits per heavy atom. The van der Waals surface area contributed by atoms with Gasteiger partial charge in [-0.05, 0) is 44.2 Å². The summed E-state index contributed by atoms with van der Waals surface area (Å²) in [4.78, 5) is 28.6. The summed E-state index contributed by atoms with van der Waals surface area (Å²) in [7, 11) is 0. The Morgan fingerprint density at radius 2 is 1.80 bits per heavy atom. The van der Waals surface area contributed by atoms with Gasteiger partial charge in [0, 0.05) is 17.8 Å². The van der Waals surface area contributed by atoms with E-state index in [0.717, 1.165) is 42.2 Å². The Kier molecular flexibility index (Phi) is 5.42. The molecule has 1 N–H and O–H groups in total. The number of nitrogens with one attached hydrogen (secondary N) is 1. The molecule has 25 heavy (non-hydrogen) atoms. The van der Waals surface area contributed by atoms with E-state index in [1.807, 2.05) is 49.1 Å². The van der Waals surface area contributed by atoms with E-state index in [1.165, 1.54) is 11.3 Å². The minimum Gasteiger partial charge on any atom is -0.341 e. The molecule has 2 aromatic rings. The molecule has 1 aliphatic carbocycles. The van der Waals surface area contributed by atoms with Gasteiger partial charge < -0.3 is 10.2 Å². The lowest BCUT2D eigenvalue weighted by molar-refractivity contribution is -0.139. The first-order valence-corrected chi connectivity index (χ1v) is 10.0. The maximum Gasteiger partial charge on any atom is 0.262 e. The number of likely N-dealkylation sites (N-methyl/N-ethyl adjacent to an activating group) is 1. The lowest BCUT2D eigenvalue weighted by atomic mass is 9.80. The number of hydrogen-bond acceptors (Lipinski definition) is 3. The van der Waals surface area contributed by atoms with Crippen molar-refractivity contribution in [2.24, 2.45) is 0 Å². The standard InChI is InChI=1S/C20H26N2O2S/c1-3-22(4-2)19(24)20(12-8-5-9-13-20)21-18(23)17-14-15-10-6-7-11-16(15)25-17/h6-7,10-11,14H,3-5,8-9,12-13H2,1-2H3,(H,21,23). The molecule has 0 spiro atoms. The van der Waals surface area contributed by atoms with E-state index in [2.05, 4.69) is 5.32 Å². The molecule has 1 fully saturated rings. The van der Waals surface area contributed by atoms with Crippen LogP contribution in [0.1, 0.15) is 55.6 Å². The molecule has 1 saturated carbocycles. The monoisotopic (exact) mass is 358 g/mol. The Morgan fingerprint density at radius 3 is 2.44 bits per heavy atom. The molecule has 0 aliphatic heterocycles. The van der Waals surface area contributed by atoms with Crippen LogP contribution in [0.3, 0.4) is 0 Å². The molecule has 1 aromatic carbocycles. The molecule has 1 heterocycles. The number of benzene rings is 1. The second-order valence-corrected chi connectivity index (χ2v) is 7.81. The van der Waals surface area contributed by atoms with Gasteiger partial charge in [-0.15, -0.1) is 11.3 Å². The van der Waals surface area contributed by atoms with Gasteiger partial charge in [0.25, 0.3) is 5.91 Å². The van der Waals surface area contributed by atoms with Crippen LogP contribution >= 0.6 is 11.3 Å². The van der Waals surface area contributed by atoms with Crippen LogP contribution in [0.4, 0.5) is 0 Å². The van der Waals surface area contributed by atoms with E-state index in [4.69, 9.17) is 0 Å². The summed E-state index contributed by atoms with van der Waals surface area (Å²) < 4.78 is 1.10. The Balaban J connectivity index is 1.86. The topological polar surface area (TPSA) is 49.4 Å². The van der Waals surface area contributed by atoms with E-state index < -0.39 is 5.54 Å². The van der Waals surface area contributed by atoms with Gasteiger partial charge >= 0.3 is 0 Å². The number of fused-ring (bicyclic) bond motifs is 1. The fourth-order valence-corrected chi connectivity index (χ4v) is 4.69. The Labute approximate surface area is 153 Å². The SMILES string of the molecule is CCN(CC)C(=O)C1(NC(=O)c2cc3ccccc3s2)CCCCC1. The van der Waals surface area contributed by atoms with Crippen LogP contribution in [0.15, 0.2) is 30.3 Å². The van der Waals surface area contributed by atoms with Crippen LogP contribution in [0.5, 0.6) is 0 Å². The van der Waals surface area contributed by atoms with Gasteiger partial charge in [-0.2, -0.15) is 0 Å². The molecule has 0 unspecified atom stereocenters. The zero-order valence-corrected chi connectivity index (χ0v) is 15.8. The second kappa shape index (κ2) is 7.56. The largest absolute Gasteiger partial charge is 0.341 e. The molecule has 0 saturated heterocycles. The predicted octanol–water partition coefficient (Wildman–Crippen LogP) is 4.20. The molecule has 1 aliphatic rings. The summed E-state index contributed by atoms with van der Waals surface area (Å²) in [6, 6.07) is 9.91. The lowest BCUT2D eigenvalue weighted by Crippen LogP contribution is -2.60. The van der Waals surface area contributed by atoms with E-state index in [-0.39, 0.29) is 11.8 Å². The molecule has 2 amide bonds. The highest BCUT2D eigenvalue weighted by Crippen LogP contribution is 2.32. The van der Waals surface area contributed by atoms with Gasteiger partial charge in [-0.1, -0.05) is 37.5 Å². The third-order valence-corrected chi connectivity index (χ3v) is 6.28. The molecule has 3 rings (SSSR count). The number of rotatable bonds is 5. The normalized spacial score (nSPS) is 16.6. The van der Waals surface area contributed by atoms with Gasteiger partial charge in [-0.25, -0.2) is 0 Å². The zero-order valence-electron chi connectivity index (χ0n) is 15.0. The van der Waals surface area contributed by atoms with Crippen LogP contribution in [-0.2, 0) is 4.79 Å².